The van der Waals surface area contributed by atoms with Crippen LogP contribution in [-0.4, -0.2) is 10.5 Å². The maximum Gasteiger partial charge on any atom is 0.330 e. The van der Waals surface area contributed by atoms with Crippen molar-refractivity contribution in [2.45, 2.75) is 38.3 Å². The van der Waals surface area contributed by atoms with Crippen LogP contribution in [0.5, 0.6) is 0 Å². The van der Waals surface area contributed by atoms with Crippen molar-refractivity contribution in [1.29, 1.82) is 0 Å². The lowest BCUT2D eigenvalue weighted by Crippen LogP contribution is -2.24. The van der Waals surface area contributed by atoms with Crippen LogP contribution >= 0.6 is 0 Å². The molecular weight excluding hydrogens is 418 g/mol. The van der Waals surface area contributed by atoms with Crippen LogP contribution in [0.15, 0.2) is 109 Å². The fraction of sp³-hybridized carbons (Fsp3) is 0.194. The van der Waals surface area contributed by atoms with Crippen LogP contribution < -0.4 is 0 Å². The van der Waals surface area contributed by atoms with E-state index in [-0.39, 0.29) is 12.0 Å². The molecule has 3 nitrogen and oxygen atoms in total. The van der Waals surface area contributed by atoms with Gasteiger partial charge in [-0.2, -0.15) is 0 Å². The molecule has 170 valence electrons. The Morgan fingerprint density at radius 3 is 1.82 bits per heavy atom. The zero-order chi connectivity index (χ0) is 23.3. The van der Waals surface area contributed by atoms with E-state index in [0.717, 1.165) is 51.9 Å². The number of hydrogen-bond donors (Lipinski definition) is 0. The normalized spacial score (nSPS) is 12.3. The average Bonchev–Trinajstić information content (AvgIpc) is 3.42. The van der Waals surface area contributed by atoms with Crippen molar-refractivity contribution < 1.29 is 9.53 Å². The van der Waals surface area contributed by atoms with Gasteiger partial charge in [0.2, 0.25) is 0 Å². The Morgan fingerprint density at radius 1 is 0.735 bits per heavy atom. The maximum atomic E-state index is 13.7. The first kappa shape index (κ1) is 22.0. The number of carbonyl (C=O) groups excluding carboxylic acids is 1. The van der Waals surface area contributed by atoms with Crippen molar-refractivity contribution in [2.24, 2.45) is 0 Å². The van der Waals surface area contributed by atoms with E-state index in [1.54, 1.807) is 0 Å². The summed E-state index contributed by atoms with van der Waals surface area (Å²) in [6.07, 6.45) is 6.14. The number of carbonyl (C=O) groups is 1. The molecule has 34 heavy (non-hydrogen) atoms. The van der Waals surface area contributed by atoms with E-state index < -0.39 is 6.10 Å². The van der Waals surface area contributed by atoms with E-state index in [9.17, 15) is 4.79 Å². The van der Waals surface area contributed by atoms with Gasteiger partial charge in [0.25, 0.3) is 0 Å². The molecule has 3 heteroatoms. The number of hydrogen-bond acceptors (Lipinski definition) is 2. The minimum absolute atomic E-state index is 0.199. The van der Waals surface area contributed by atoms with Crippen molar-refractivity contribution in [2.75, 3.05) is 0 Å². The molecule has 4 aromatic carbocycles. The molecule has 0 aliphatic carbocycles. The van der Waals surface area contributed by atoms with Gasteiger partial charge in [0.1, 0.15) is 6.04 Å². The summed E-state index contributed by atoms with van der Waals surface area (Å²) in [6, 6.07) is 32.6. The summed E-state index contributed by atoms with van der Waals surface area (Å²) in [5.74, 6) is -0.199. The summed E-state index contributed by atoms with van der Waals surface area (Å²) in [5.41, 5.74) is 2.01. The van der Waals surface area contributed by atoms with Gasteiger partial charge < -0.3 is 9.30 Å². The van der Waals surface area contributed by atoms with Gasteiger partial charge in [-0.1, -0.05) is 105 Å². The Morgan fingerprint density at radius 2 is 1.26 bits per heavy atom. The van der Waals surface area contributed by atoms with E-state index in [2.05, 4.69) is 55.5 Å². The summed E-state index contributed by atoms with van der Waals surface area (Å²) in [6.45, 7) is 2.15. The van der Waals surface area contributed by atoms with Gasteiger partial charge in [-0.3, -0.25) is 0 Å². The minimum atomic E-state index is -0.510. The van der Waals surface area contributed by atoms with E-state index in [0.29, 0.717) is 0 Å². The molecule has 0 aliphatic heterocycles. The predicted octanol–water partition coefficient (Wildman–Crippen LogP) is 7.86. The van der Waals surface area contributed by atoms with Crippen molar-refractivity contribution in [3.8, 4) is 0 Å². The van der Waals surface area contributed by atoms with Crippen molar-refractivity contribution in [3.05, 3.63) is 121 Å². The Balaban J connectivity index is 1.63. The number of esters is 1. The highest BCUT2D eigenvalue weighted by molar-refractivity contribution is 5.90. The van der Waals surface area contributed by atoms with Crippen LogP contribution in [0.3, 0.4) is 0 Å². The molecule has 0 amide bonds. The molecule has 0 spiro atoms. The molecule has 5 aromatic rings. The number of fused-ring (bicyclic) bond motifs is 2. The molecule has 5 rings (SSSR count). The van der Waals surface area contributed by atoms with Gasteiger partial charge in [-0.15, -0.1) is 0 Å². The number of ether oxygens (including phenoxy) is 1. The molecule has 0 N–H and O–H groups in total. The molecule has 0 radical (unpaired) electrons. The van der Waals surface area contributed by atoms with Gasteiger partial charge in [-0.25, -0.2) is 4.79 Å². The molecule has 0 bridgehead atoms. The Hall–Kier alpha value is -3.85. The highest BCUT2D eigenvalue weighted by Crippen LogP contribution is 2.37. The molecular formula is C31H29NO2. The molecule has 1 aromatic heterocycles. The van der Waals surface area contributed by atoms with Gasteiger partial charge in [0, 0.05) is 23.5 Å². The number of aromatic nitrogens is 1. The topological polar surface area (TPSA) is 31.2 Å². The summed E-state index contributed by atoms with van der Waals surface area (Å²) in [7, 11) is 0. The third-order valence-corrected chi connectivity index (χ3v) is 6.54. The third-order valence-electron chi connectivity index (χ3n) is 6.54. The molecule has 0 aliphatic rings. The van der Waals surface area contributed by atoms with Crippen LogP contribution in [0.4, 0.5) is 0 Å². The van der Waals surface area contributed by atoms with Crippen LogP contribution in [0.1, 0.15) is 49.5 Å². The minimum Gasteiger partial charge on any atom is -0.451 e. The van der Waals surface area contributed by atoms with E-state index in [1.165, 1.54) is 0 Å². The van der Waals surface area contributed by atoms with Crippen molar-refractivity contribution in [1.82, 2.24) is 4.57 Å². The van der Waals surface area contributed by atoms with Gasteiger partial charge in [0.15, 0.2) is 6.10 Å². The Bertz CT molecular complexity index is 1310. The number of nitrogens with zero attached hydrogens (tertiary/aromatic N) is 1. The third kappa shape index (κ3) is 4.34. The van der Waals surface area contributed by atoms with Crippen LogP contribution in [0.25, 0.3) is 21.5 Å². The highest BCUT2D eigenvalue weighted by atomic mass is 16.5. The van der Waals surface area contributed by atoms with Gasteiger partial charge in [0.05, 0.1) is 0 Å². The summed E-state index contributed by atoms with van der Waals surface area (Å²) >= 11 is 0. The molecule has 1 heterocycles. The van der Waals surface area contributed by atoms with Gasteiger partial charge >= 0.3 is 5.97 Å². The lowest BCUT2D eigenvalue weighted by molar-refractivity contribution is -0.151. The van der Waals surface area contributed by atoms with Gasteiger partial charge in [-0.05, 0) is 40.1 Å². The lowest BCUT2D eigenvalue weighted by atomic mass is 9.92. The Kier molecular flexibility index (Phi) is 6.44. The first-order chi connectivity index (χ1) is 16.8. The lowest BCUT2D eigenvalue weighted by Gasteiger charge is -2.25. The smallest absolute Gasteiger partial charge is 0.330 e. The van der Waals surface area contributed by atoms with Crippen molar-refractivity contribution >= 4 is 27.5 Å². The average molecular weight is 448 g/mol. The van der Waals surface area contributed by atoms with Crippen LogP contribution in [0, 0.1) is 0 Å². The molecule has 0 unspecified atom stereocenters. The first-order valence-corrected chi connectivity index (χ1v) is 12.0. The van der Waals surface area contributed by atoms with Crippen molar-refractivity contribution in [3.63, 3.8) is 0 Å². The quantitative estimate of drug-likeness (QED) is 0.227. The van der Waals surface area contributed by atoms with Crippen LogP contribution in [-0.2, 0) is 9.53 Å². The number of unbranched alkanes of at least 4 members (excludes halogenated alkanes) is 1. The largest absolute Gasteiger partial charge is 0.451 e. The van der Waals surface area contributed by atoms with E-state index in [4.69, 9.17) is 4.74 Å². The number of benzene rings is 4. The number of rotatable bonds is 8. The molecule has 0 saturated heterocycles. The second-order valence-electron chi connectivity index (χ2n) is 8.74. The summed E-state index contributed by atoms with van der Waals surface area (Å²) < 4.78 is 8.44. The highest BCUT2D eigenvalue weighted by Gasteiger charge is 2.28. The molecule has 0 fully saturated rings. The predicted molar refractivity (Wildman–Crippen MR) is 139 cm³/mol. The molecule has 0 saturated carbocycles. The standard InChI is InChI=1S/C31H29NO2/c1-2-3-20-29(32-21-8-9-22-32)31(33)34-30(27-18-10-14-23-12-4-6-16-25(23)27)28-19-11-15-24-13-5-7-17-26(24)28/h4-19,21-22,29-30H,2-3,20H2,1H3/t29-/m0/s1. The van der Waals surface area contributed by atoms with Crippen LogP contribution in [0.2, 0.25) is 0 Å². The van der Waals surface area contributed by atoms with E-state index >= 15 is 0 Å². The molecule has 1 atom stereocenters. The van der Waals surface area contributed by atoms with E-state index in [1.807, 2.05) is 65.5 Å². The monoisotopic (exact) mass is 447 g/mol. The Labute approximate surface area is 200 Å². The fourth-order valence-electron chi connectivity index (χ4n) is 4.79. The zero-order valence-corrected chi connectivity index (χ0v) is 19.4. The zero-order valence-electron chi connectivity index (χ0n) is 19.4. The summed E-state index contributed by atoms with van der Waals surface area (Å²) in [4.78, 5) is 13.7. The second kappa shape index (κ2) is 9.96. The second-order valence-corrected chi connectivity index (χ2v) is 8.74. The summed E-state index contributed by atoms with van der Waals surface area (Å²) in [5, 5.41) is 4.46. The SMILES string of the molecule is CCCC[C@@H](C(=O)OC(c1cccc2ccccc12)c1cccc2ccccc12)n1cccc1. The first-order valence-electron chi connectivity index (χ1n) is 12.0. The maximum absolute atomic E-state index is 13.7. The fourth-order valence-corrected chi connectivity index (χ4v) is 4.79.